The van der Waals surface area contributed by atoms with E-state index in [2.05, 4.69) is 11.1 Å². The summed E-state index contributed by atoms with van der Waals surface area (Å²) in [5, 5.41) is 9.12. The van der Waals surface area contributed by atoms with Gasteiger partial charge in [0.05, 0.1) is 6.10 Å². The van der Waals surface area contributed by atoms with E-state index in [9.17, 15) is 0 Å². The number of benzene rings is 1. The van der Waals surface area contributed by atoms with Crippen molar-refractivity contribution in [2.75, 3.05) is 5.73 Å². The molecule has 0 bridgehead atoms. The fraction of sp³-hybridized carbons (Fsp3) is 0.312. The first kappa shape index (κ1) is 12.6. The summed E-state index contributed by atoms with van der Waals surface area (Å²) in [6, 6.07) is 9.97. The van der Waals surface area contributed by atoms with Gasteiger partial charge in [-0.2, -0.15) is 5.26 Å². The van der Waals surface area contributed by atoms with Gasteiger partial charge in [0.1, 0.15) is 23.2 Å². The molecule has 1 heterocycles. The molecule has 0 aliphatic heterocycles. The van der Waals surface area contributed by atoms with Gasteiger partial charge in [-0.15, -0.1) is 0 Å². The van der Waals surface area contributed by atoms with Gasteiger partial charge in [0, 0.05) is 11.8 Å². The first-order chi connectivity index (χ1) is 9.78. The van der Waals surface area contributed by atoms with Crippen molar-refractivity contribution >= 4 is 5.82 Å². The summed E-state index contributed by atoms with van der Waals surface area (Å²) in [7, 11) is 0. The molecule has 0 radical (unpaired) electrons. The Morgan fingerprint density at radius 3 is 2.55 bits per heavy atom. The van der Waals surface area contributed by atoms with Crippen molar-refractivity contribution in [1.29, 1.82) is 5.26 Å². The molecule has 1 fully saturated rings. The molecule has 1 saturated carbocycles. The second-order valence-corrected chi connectivity index (χ2v) is 5.15. The van der Waals surface area contributed by atoms with Crippen LogP contribution in [-0.2, 0) is 0 Å². The van der Waals surface area contributed by atoms with Crippen molar-refractivity contribution in [3.8, 4) is 22.9 Å². The third-order valence-corrected chi connectivity index (χ3v) is 3.79. The normalized spacial score (nSPS) is 15.2. The number of hydrogen-bond donors (Lipinski definition) is 2. The van der Waals surface area contributed by atoms with E-state index in [1.807, 2.05) is 24.3 Å². The number of H-pyrrole nitrogens is 1. The molecule has 0 spiro atoms. The van der Waals surface area contributed by atoms with E-state index in [-0.39, 0.29) is 0 Å². The first-order valence-electron chi connectivity index (χ1n) is 6.92. The van der Waals surface area contributed by atoms with Crippen molar-refractivity contribution in [1.82, 2.24) is 4.98 Å². The molecule has 4 heteroatoms. The van der Waals surface area contributed by atoms with Crippen molar-refractivity contribution in [3.05, 3.63) is 36.0 Å². The van der Waals surface area contributed by atoms with Gasteiger partial charge in [0.15, 0.2) is 0 Å². The van der Waals surface area contributed by atoms with E-state index in [0.29, 0.717) is 17.5 Å². The molecule has 0 unspecified atom stereocenters. The number of nitrogens with zero attached hydrogens (tertiary/aromatic N) is 1. The second-order valence-electron chi connectivity index (χ2n) is 5.15. The molecular weight excluding hydrogens is 250 g/mol. The molecule has 3 rings (SSSR count). The number of nitrogen functional groups attached to an aromatic ring is 1. The highest BCUT2D eigenvalue weighted by Crippen LogP contribution is 2.30. The van der Waals surface area contributed by atoms with Crippen molar-refractivity contribution in [3.63, 3.8) is 0 Å². The average molecular weight is 267 g/mol. The molecule has 2 aromatic rings. The van der Waals surface area contributed by atoms with Crippen LogP contribution in [0.5, 0.6) is 5.75 Å². The summed E-state index contributed by atoms with van der Waals surface area (Å²) in [6.07, 6.45) is 6.94. The maximum absolute atomic E-state index is 9.12. The van der Waals surface area contributed by atoms with Gasteiger partial charge in [-0.1, -0.05) is 12.1 Å². The predicted molar refractivity (Wildman–Crippen MR) is 78.2 cm³/mol. The molecule has 1 aromatic carbocycles. The minimum absolute atomic E-state index is 0.360. The Bertz CT molecular complexity index is 631. The number of nitriles is 1. The third-order valence-electron chi connectivity index (χ3n) is 3.79. The van der Waals surface area contributed by atoms with Crippen molar-refractivity contribution < 1.29 is 4.74 Å². The first-order valence-corrected chi connectivity index (χ1v) is 6.92. The molecule has 1 aliphatic rings. The molecule has 102 valence electrons. The fourth-order valence-corrected chi connectivity index (χ4v) is 2.70. The number of anilines is 1. The highest BCUT2D eigenvalue weighted by atomic mass is 16.5. The Hall–Kier alpha value is -2.41. The quantitative estimate of drug-likeness (QED) is 0.894. The second kappa shape index (κ2) is 5.30. The fourth-order valence-electron chi connectivity index (χ4n) is 2.70. The zero-order chi connectivity index (χ0) is 13.9. The standard InChI is InChI=1S/C16H17N3O/c17-9-14-15(10-19-16(14)18)11-5-7-13(8-6-11)20-12-3-1-2-4-12/h5-8,10,12,19H,1-4,18H2. The monoisotopic (exact) mass is 267 g/mol. The van der Waals surface area contributed by atoms with E-state index < -0.39 is 0 Å². The lowest BCUT2D eigenvalue weighted by Crippen LogP contribution is -2.10. The van der Waals surface area contributed by atoms with Crippen LogP contribution in [0.15, 0.2) is 30.5 Å². The van der Waals surface area contributed by atoms with Gasteiger partial charge in [-0.3, -0.25) is 0 Å². The Kier molecular flexibility index (Phi) is 3.34. The van der Waals surface area contributed by atoms with E-state index in [4.69, 9.17) is 15.7 Å². The van der Waals surface area contributed by atoms with Gasteiger partial charge in [0.2, 0.25) is 0 Å². The summed E-state index contributed by atoms with van der Waals surface area (Å²) in [4.78, 5) is 2.88. The molecule has 0 saturated heterocycles. The van der Waals surface area contributed by atoms with Crippen LogP contribution in [0, 0.1) is 11.3 Å². The minimum atomic E-state index is 0.360. The highest BCUT2D eigenvalue weighted by Gasteiger charge is 2.16. The zero-order valence-corrected chi connectivity index (χ0v) is 11.2. The van der Waals surface area contributed by atoms with E-state index in [1.54, 1.807) is 6.20 Å². The smallest absolute Gasteiger partial charge is 0.119 e. The lowest BCUT2D eigenvalue weighted by atomic mass is 10.0. The van der Waals surface area contributed by atoms with Crippen molar-refractivity contribution in [2.45, 2.75) is 31.8 Å². The molecular formula is C16H17N3O. The van der Waals surface area contributed by atoms with Crippen LogP contribution in [0.2, 0.25) is 0 Å². The maximum atomic E-state index is 9.12. The van der Waals surface area contributed by atoms with Crippen LogP contribution in [0.1, 0.15) is 31.2 Å². The zero-order valence-electron chi connectivity index (χ0n) is 11.2. The van der Waals surface area contributed by atoms with E-state index in [0.717, 1.165) is 29.7 Å². The number of aromatic amines is 1. The topological polar surface area (TPSA) is 74.8 Å². The molecule has 0 amide bonds. The van der Waals surface area contributed by atoms with Crippen LogP contribution in [0.3, 0.4) is 0 Å². The Morgan fingerprint density at radius 2 is 1.90 bits per heavy atom. The maximum Gasteiger partial charge on any atom is 0.119 e. The summed E-state index contributed by atoms with van der Waals surface area (Å²) >= 11 is 0. The van der Waals surface area contributed by atoms with Gasteiger partial charge in [0.25, 0.3) is 0 Å². The van der Waals surface area contributed by atoms with Gasteiger partial charge < -0.3 is 15.5 Å². The van der Waals surface area contributed by atoms with Crippen molar-refractivity contribution in [2.24, 2.45) is 0 Å². The number of nitrogens with two attached hydrogens (primary N) is 1. The summed E-state index contributed by atoms with van der Waals surface area (Å²) < 4.78 is 5.93. The lowest BCUT2D eigenvalue weighted by Gasteiger charge is -2.13. The van der Waals surface area contributed by atoms with E-state index >= 15 is 0 Å². The van der Waals surface area contributed by atoms with E-state index in [1.165, 1.54) is 12.8 Å². The predicted octanol–water partition coefficient (Wildman–Crippen LogP) is 3.46. The highest BCUT2D eigenvalue weighted by molar-refractivity contribution is 5.76. The number of aromatic nitrogens is 1. The number of hydrogen-bond acceptors (Lipinski definition) is 3. The number of ether oxygens (including phenoxy) is 1. The molecule has 1 aliphatic carbocycles. The lowest BCUT2D eigenvalue weighted by molar-refractivity contribution is 0.210. The van der Waals surface area contributed by atoms with Gasteiger partial charge in [-0.05, 0) is 43.4 Å². The Morgan fingerprint density at radius 1 is 1.20 bits per heavy atom. The van der Waals surface area contributed by atoms with Crippen LogP contribution < -0.4 is 10.5 Å². The van der Waals surface area contributed by atoms with Gasteiger partial charge in [-0.25, -0.2) is 0 Å². The SMILES string of the molecule is N#Cc1c(-c2ccc(OC3CCCC3)cc2)c[nH]c1N. The summed E-state index contributed by atoms with van der Waals surface area (Å²) in [5.74, 6) is 1.30. The van der Waals surface area contributed by atoms with Crippen LogP contribution in [0.25, 0.3) is 11.1 Å². The van der Waals surface area contributed by atoms with Gasteiger partial charge >= 0.3 is 0 Å². The minimum Gasteiger partial charge on any atom is -0.490 e. The average Bonchev–Trinajstić information content (AvgIpc) is 3.09. The Labute approximate surface area is 118 Å². The van der Waals surface area contributed by atoms with Crippen LogP contribution >= 0.6 is 0 Å². The summed E-state index contributed by atoms with van der Waals surface area (Å²) in [5.41, 5.74) is 8.02. The van der Waals surface area contributed by atoms with Crippen LogP contribution in [0.4, 0.5) is 5.82 Å². The molecule has 0 atom stereocenters. The number of rotatable bonds is 3. The molecule has 3 N–H and O–H groups in total. The molecule has 20 heavy (non-hydrogen) atoms. The third kappa shape index (κ3) is 2.35. The largest absolute Gasteiger partial charge is 0.490 e. The Balaban J connectivity index is 1.80. The molecule has 1 aromatic heterocycles. The summed E-state index contributed by atoms with van der Waals surface area (Å²) in [6.45, 7) is 0. The van der Waals surface area contributed by atoms with Crippen LogP contribution in [-0.4, -0.2) is 11.1 Å². The number of nitrogens with one attached hydrogen (secondary N) is 1. The molecule has 4 nitrogen and oxygen atoms in total.